The van der Waals surface area contributed by atoms with E-state index in [0.717, 1.165) is 6.34 Å². The van der Waals surface area contributed by atoms with E-state index in [-0.39, 0.29) is 0 Å². The van der Waals surface area contributed by atoms with Gasteiger partial charge in [0, 0.05) is 5.37 Å². The number of nitrogens with zero attached hydrogens (tertiary/aromatic N) is 1. The molecule has 0 saturated carbocycles. The summed E-state index contributed by atoms with van der Waals surface area (Å²) in [5.41, 5.74) is 4.80. The first kappa shape index (κ1) is 6.36. The summed E-state index contributed by atoms with van der Waals surface area (Å²) in [5, 5.41) is 4.64. The van der Waals surface area contributed by atoms with Crippen molar-refractivity contribution >= 4 is 23.9 Å². The zero-order valence-corrected chi connectivity index (χ0v) is 4.52. The van der Waals surface area contributed by atoms with E-state index in [4.69, 9.17) is 5.73 Å². The van der Waals surface area contributed by atoms with Gasteiger partial charge < -0.3 is 10.6 Å². The maximum atomic E-state index is 4.80. The van der Waals surface area contributed by atoms with Crippen LogP contribution in [0.3, 0.4) is 0 Å². The van der Waals surface area contributed by atoms with Gasteiger partial charge in [0.05, 0.1) is 0 Å². The third kappa shape index (κ3) is 5.36. The quantitative estimate of drug-likeness (QED) is 0.185. The molecule has 0 aliphatic rings. The molecule has 0 rings (SSSR count). The maximum Gasteiger partial charge on any atom is 0.145 e. The van der Waals surface area contributed by atoms with E-state index in [1.807, 2.05) is 0 Å². The van der Waals surface area contributed by atoms with Gasteiger partial charge in [-0.05, 0) is 0 Å². The molecular weight excluding hydrogens is 112 g/mol. The molecule has 3 nitrogen and oxygen atoms in total. The number of thiocarbonyl (C=S) groups is 1. The fourth-order valence-electron chi connectivity index (χ4n) is 0.116. The zero-order chi connectivity index (χ0) is 5.54. The van der Waals surface area contributed by atoms with Crippen molar-refractivity contribution in [2.45, 2.75) is 0 Å². The lowest BCUT2D eigenvalue weighted by molar-refractivity contribution is 0.190. The number of rotatable bonds is 3. The molecule has 0 unspecified atom stereocenters. The summed E-state index contributed by atoms with van der Waals surface area (Å²) < 4.78 is 0. The van der Waals surface area contributed by atoms with Crippen LogP contribution in [0.4, 0.5) is 0 Å². The molecule has 0 fully saturated rings. The minimum atomic E-state index is 0.336. The lowest BCUT2D eigenvalue weighted by Gasteiger charge is -1.85. The van der Waals surface area contributed by atoms with Crippen molar-refractivity contribution in [2.24, 2.45) is 10.9 Å². The SMILES string of the molecule is NC=NOCC=S. The molecule has 0 aromatic heterocycles. The Labute approximate surface area is 47.1 Å². The molecule has 0 atom stereocenters. The van der Waals surface area contributed by atoms with Crippen LogP contribution in [-0.2, 0) is 4.84 Å². The molecule has 0 heterocycles. The van der Waals surface area contributed by atoms with Gasteiger partial charge in [-0.1, -0.05) is 17.4 Å². The minimum Gasteiger partial charge on any atom is -0.389 e. The van der Waals surface area contributed by atoms with E-state index in [9.17, 15) is 0 Å². The number of nitrogens with two attached hydrogens (primary N) is 1. The molecule has 40 valence electrons. The molecule has 4 heteroatoms. The van der Waals surface area contributed by atoms with Crippen molar-refractivity contribution in [1.82, 2.24) is 0 Å². The van der Waals surface area contributed by atoms with Crippen LogP contribution < -0.4 is 5.73 Å². The smallest absolute Gasteiger partial charge is 0.145 e. The second kappa shape index (κ2) is 5.36. The van der Waals surface area contributed by atoms with Crippen molar-refractivity contribution in [1.29, 1.82) is 0 Å². The Balaban J connectivity index is 2.82. The molecule has 0 saturated heterocycles. The van der Waals surface area contributed by atoms with E-state index in [2.05, 4.69) is 22.2 Å². The Bertz CT molecular complexity index is 73.3. The van der Waals surface area contributed by atoms with E-state index < -0.39 is 0 Å². The highest BCUT2D eigenvalue weighted by atomic mass is 32.1. The van der Waals surface area contributed by atoms with Gasteiger partial charge in [-0.2, -0.15) is 0 Å². The van der Waals surface area contributed by atoms with Crippen molar-refractivity contribution in [3.8, 4) is 0 Å². The molecule has 2 N–H and O–H groups in total. The van der Waals surface area contributed by atoms with Gasteiger partial charge in [-0.15, -0.1) is 0 Å². The Morgan fingerprint density at radius 2 is 2.57 bits per heavy atom. The van der Waals surface area contributed by atoms with E-state index in [1.54, 1.807) is 0 Å². The first-order valence-corrected chi connectivity index (χ1v) is 2.18. The molecule has 7 heavy (non-hydrogen) atoms. The molecule has 0 amide bonds. The summed E-state index contributed by atoms with van der Waals surface area (Å²) in [6, 6.07) is 0. The van der Waals surface area contributed by atoms with Crippen molar-refractivity contribution in [3.05, 3.63) is 0 Å². The lowest BCUT2D eigenvalue weighted by Crippen LogP contribution is -1.92. The van der Waals surface area contributed by atoms with Gasteiger partial charge in [0.2, 0.25) is 0 Å². The second-order valence-electron chi connectivity index (χ2n) is 0.717. The van der Waals surface area contributed by atoms with Crippen LogP contribution >= 0.6 is 12.2 Å². The van der Waals surface area contributed by atoms with Crippen LogP contribution in [0.5, 0.6) is 0 Å². The van der Waals surface area contributed by atoms with Gasteiger partial charge in [0.15, 0.2) is 0 Å². The van der Waals surface area contributed by atoms with Gasteiger partial charge >= 0.3 is 0 Å². The highest BCUT2D eigenvalue weighted by Crippen LogP contribution is 1.66. The number of hydrogen-bond donors (Lipinski definition) is 1. The van der Waals surface area contributed by atoms with Crippen molar-refractivity contribution in [3.63, 3.8) is 0 Å². The summed E-state index contributed by atoms with van der Waals surface area (Å²) in [7, 11) is 0. The first-order valence-electron chi connectivity index (χ1n) is 1.71. The van der Waals surface area contributed by atoms with Crippen LogP contribution in [0, 0.1) is 0 Å². The average molecular weight is 118 g/mol. The molecule has 0 radical (unpaired) electrons. The molecule has 0 spiro atoms. The fourth-order valence-corrected chi connectivity index (χ4v) is 0.177. The minimum absolute atomic E-state index is 0.336. The maximum absolute atomic E-state index is 4.80. The van der Waals surface area contributed by atoms with Gasteiger partial charge in [0.1, 0.15) is 12.9 Å². The average Bonchev–Trinajstić information content (AvgIpc) is 1.69. The third-order valence-corrected chi connectivity index (χ3v) is 0.414. The van der Waals surface area contributed by atoms with Crippen molar-refractivity contribution in [2.75, 3.05) is 6.61 Å². The highest BCUT2D eigenvalue weighted by molar-refractivity contribution is 7.79. The monoisotopic (exact) mass is 118 g/mol. The second-order valence-corrected chi connectivity index (χ2v) is 1.05. The van der Waals surface area contributed by atoms with Gasteiger partial charge in [-0.3, -0.25) is 0 Å². The summed E-state index contributed by atoms with van der Waals surface area (Å²) >= 11 is 4.40. The standard InChI is InChI=1S/C3H6N2OS/c4-3-5-6-1-2-7/h2-3H,1H2,(H2,4,5). The Morgan fingerprint density at radius 1 is 1.86 bits per heavy atom. The van der Waals surface area contributed by atoms with E-state index >= 15 is 0 Å². The predicted octanol–water partition coefficient (Wildman–Crippen LogP) is -0.0953. The first-order chi connectivity index (χ1) is 3.41. The summed E-state index contributed by atoms with van der Waals surface area (Å²) in [6.45, 7) is 0.336. The molecule has 0 bridgehead atoms. The number of hydrogen-bond acceptors (Lipinski definition) is 3. The van der Waals surface area contributed by atoms with Crippen LogP contribution in [0.15, 0.2) is 5.16 Å². The Kier molecular flexibility index (Phi) is 4.87. The summed E-state index contributed by atoms with van der Waals surface area (Å²) in [5.74, 6) is 0. The number of oxime groups is 1. The molecule has 0 aromatic rings. The zero-order valence-electron chi connectivity index (χ0n) is 3.70. The predicted molar refractivity (Wildman–Crippen MR) is 32.3 cm³/mol. The largest absolute Gasteiger partial charge is 0.389 e. The summed E-state index contributed by atoms with van der Waals surface area (Å²) in [6.07, 6.45) is 1.07. The van der Waals surface area contributed by atoms with E-state index in [1.165, 1.54) is 5.37 Å². The van der Waals surface area contributed by atoms with Crippen LogP contribution in [0.25, 0.3) is 0 Å². The normalized spacial score (nSPS) is 9.14. The topological polar surface area (TPSA) is 47.6 Å². The molecule has 0 aliphatic heterocycles. The fraction of sp³-hybridized carbons (Fsp3) is 0.333. The molecule has 0 aromatic carbocycles. The lowest BCUT2D eigenvalue weighted by atomic mass is 10.9. The Hall–Kier alpha value is -0.640. The van der Waals surface area contributed by atoms with Crippen LogP contribution in [-0.4, -0.2) is 18.3 Å². The van der Waals surface area contributed by atoms with E-state index in [0.29, 0.717) is 6.61 Å². The highest BCUT2D eigenvalue weighted by Gasteiger charge is 1.67. The third-order valence-electron chi connectivity index (χ3n) is 0.278. The van der Waals surface area contributed by atoms with Crippen LogP contribution in [0.1, 0.15) is 0 Å². The summed E-state index contributed by atoms with van der Waals surface area (Å²) in [4.78, 5) is 4.42. The Morgan fingerprint density at radius 3 is 3.00 bits per heavy atom. The molecular formula is C3H6N2OS. The van der Waals surface area contributed by atoms with Gasteiger partial charge in [0.25, 0.3) is 0 Å². The molecule has 0 aliphatic carbocycles. The van der Waals surface area contributed by atoms with Crippen molar-refractivity contribution < 1.29 is 4.84 Å². The van der Waals surface area contributed by atoms with Crippen LogP contribution in [0.2, 0.25) is 0 Å². The van der Waals surface area contributed by atoms with Gasteiger partial charge in [-0.25, -0.2) is 0 Å².